The molecule has 24 heavy (non-hydrogen) atoms. The highest BCUT2D eigenvalue weighted by Crippen LogP contribution is 2.18. The maximum atomic E-state index is 2.63. The Hall–Kier alpha value is -1.29. The second-order valence-corrected chi connectivity index (χ2v) is 7.64. The predicted molar refractivity (Wildman–Crippen MR) is 105 cm³/mol. The Morgan fingerprint density at radius 3 is 2.04 bits per heavy atom. The fraction of sp³-hybridized carbons (Fsp3) is 0.429. The maximum Gasteiger partial charge on any atom is 0.0234 e. The van der Waals surface area contributed by atoms with Crippen molar-refractivity contribution >= 4 is 11.8 Å². The van der Waals surface area contributed by atoms with E-state index in [2.05, 4.69) is 70.5 Å². The molecule has 0 bridgehead atoms. The van der Waals surface area contributed by atoms with E-state index in [0.29, 0.717) is 0 Å². The molecule has 1 heterocycles. The second kappa shape index (κ2) is 9.87. The van der Waals surface area contributed by atoms with Crippen LogP contribution >= 0.6 is 11.8 Å². The first-order valence-corrected chi connectivity index (χ1v) is 10.1. The van der Waals surface area contributed by atoms with Gasteiger partial charge in [0.05, 0.1) is 0 Å². The van der Waals surface area contributed by atoms with Crippen molar-refractivity contribution in [3.63, 3.8) is 0 Å². The van der Waals surface area contributed by atoms with Gasteiger partial charge in [-0.2, -0.15) is 0 Å². The van der Waals surface area contributed by atoms with Gasteiger partial charge in [0.25, 0.3) is 0 Å². The summed E-state index contributed by atoms with van der Waals surface area (Å²) < 4.78 is 0. The molecule has 0 atom stereocenters. The van der Waals surface area contributed by atoms with Gasteiger partial charge in [0.15, 0.2) is 0 Å². The summed E-state index contributed by atoms with van der Waals surface area (Å²) in [6, 6.07) is 21.6. The largest absolute Gasteiger partial charge is 0.301 e. The van der Waals surface area contributed by atoms with Crippen molar-refractivity contribution in [2.45, 2.75) is 24.3 Å². The normalized spacial score (nSPS) is 16.3. The molecule has 0 aromatic heterocycles. The molecule has 0 spiro atoms. The summed E-state index contributed by atoms with van der Waals surface area (Å²) in [6.45, 7) is 7.20. The summed E-state index contributed by atoms with van der Waals surface area (Å²) in [5.41, 5.74) is 1.43. The van der Waals surface area contributed by atoms with Crippen LogP contribution in [0.1, 0.15) is 18.4 Å². The zero-order chi connectivity index (χ0) is 16.5. The van der Waals surface area contributed by atoms with E-state index in [1.54, 1.807) is 0 Å². The van der Waals surface area contributed by atoms with Crippen LogP contribution in [-0.4, -0.2) is 48.3 Å². The van der Waals surface area contributed by atoms with Crippen molar-refractivity contribution < 1.29 is 0 Å². The first kappa shape index (κ1) is 17.5. The molecule has 0 amide bonds. The average molecular weight is 341 g/mol. The molecule has 0 saturated carbocycles. The molecule has 1 fully saturated rings. The lowest BCUT2D eigenvalue weighted by atomic mass is 10.2. The van der Waals surface area contributed by atoms with E-state index in [9.17, 15) is 0 Å². The van der Waals surface area contributed by atoms with Crippen molar-refractivity contribution in [3.8, 4) is 0 Å². The van der Waals surface area contributed by atoms with E-state index < -0.39 is 0 Å². The molecule has 2 nitrogen and oxygen atoms in total. The Bertz CT molecular complexity index is 565. The number of unbranched alkanes of at least 4 members (excludes halogenated alkanes) is 1. The summed E-state index contributed by atoms with van der Waals surface area (Å²) in [6.07, 6.45) is 2.63. The Morgan fingerprint density at radius 1 is 0.708 bits per heavy atom. The van der Waals surface area contributed by atoms with Gasteiger partial charge < -0.3 is 4.90 Å². The van der Waals surface area contributed by atoms with Crippen LogP contribution in [0.4, 0.5) is 0 Å². The lowest BCUT2D eigenvalue weighted by Crippen LogP contribution is -2.46. The van der Waals surface area contributed by atoms with Crippen molar-refractivity contribution in [2.75, 3.05) is 38.5 Å². The summed E-state index contributed by atoms with van der Waals surface area (Å²) in [4.78, 5) is 6.61. The van der Waals surface area contributed by atoms with Crippen LogP contribution in [0.25, 0.3) is 0 Å². The molecule has 0 N–H and O–H groups in total. The van der Waals surface area contributed by atoms with E-state index in [0.717, 1.165) is 6.54 Å². The number of hydrogen-bond acceptors (Lipinski definition) is 3. The fourth-order valence-corrected chi connectivity index (χ4v) is 4.09. The van der Waals surface area contributed by atoms with Crippen molar-refractivity contribution in [2.24, 2.45) is 0 Å². The summed E-state index contributed by atoms with van der Waals surface area (Å²) >= 11 is 1.98. The molecule has 0 unspecified atom stereocenters. The van der Waals surface area contributed by atoms with Crippen LogP contribution < -0.4 is 0 Å². The minimum atomic E-state index is 1.10. The minimum Gasteiger partial charge on any atom is -0.301 e. The van der Waals surface area contributed by atoms with E-state index in [1.807, 2.05) is 11.8 Å². The van der Waals surface area contributed by atoms with Gasteiger partial charge in [-0.1, -0.05) is 48.5 Å². The molecule has 128 valence electrons. The molecule has 1 aliphatic rings. The van der Waals surface area contributed by atoms with Gasteiger partial charge in [-0.05, 0) is 42.8 Å². The van der Waals surface area contributed by atoms with Gasteiger partial charge in [-0.15, -0.1) is 11.8 Å². The van der Waals surface area contributed by atoms with Gasteiger partial charge in [0.1, 0.15) is 0 Å². The SMILES string of the molecule is c1ccc(CN2CCN(CCCCSc3ccccc3)CC2)cc1. The highest BCUT2D eigenvalue weighted by Gasteiger charge is 2.16. The van der Waals surface area contributed by atoms with Crippen molar-refractivity contribution in [1.82, 2.24) is 9.80 Å². The van der Waals surface area contributed by atoms with Crippen molar-refractivity contribution in [3.05, 3.63) is 66.2 Å². The number of piperazine rings is 1. The summed E-state index contributed by atoms with van der Waals surface area (Å²) in [5, 5.41) is 0. The standard InChI is InChI=1S/C21H28N2S/c1-3-9-20(10-4-1)19-23-16-14-22(15-17-23)13-7-8-18-24-21-11-5-2-6-12-21/h1-6,9-12H,7-8,13-19H2. The van der Waals surface area contributed by atoms with E-state index >= 15 is 0 Å². The Balaban J connectivity index is 1.26. The topological polar surface area (TPSA) is 6.48 Å². The quantitative estimate of drug-likeness (QED) is 0.520. The molecular formula is C21H28N2S. The smallest absolute Gasteiger partial charge is 0.0234 e. The van der Waals surface area contributed by atoms with Gasteiger partial charge >= 0.3 is 0 Å². The molecule has 2 aromatic carbocycles. The van der Waals surface area contributed by atoms with Crippen LogP contribution in [0.15, 0.2) is 65.6 Å². The number of rotatable bonds is 8. The Morgan fingerprint density at radius 2 is 1.33 bits per heavy atom. The molecule has 3 heteroatoms. The molecule has 2 aromatic rings. The lowest BCUT2D eigenvalue weighted by molar-refractivity contribution is 0.126. The third-order valence-electron chi connectivity index (χ3n) is 4.59. The molecule has 0 aliphatic carbocycles. The molecule has 0 radical (unpaired) electrons. The zero-order valence-electron chi connectivity index (χ0n) is 14.4. The number of nitrogens with zero attached hydrogens (tertiary/aromatic N) is 2. The fourth-order valence-electron chi connectivity index (χ4n) is 3.16. The number of thioether (sulfide) groups is 1. The third-order valence-corrected chi connectivity index (χ3v) is 5.69. The van der Waals surface area contributed by atoms with E-state index in [-0.39, 0.29) is 0 Å². The van der Waals surface area contributed by atoms with Crippen LogP contribution in [0.5, 0.6) is 0 Å². The first-order chi connectivity index (χ1) is 11.9. The van der Waals surface area contributed by atoms with Crippen LogP contribution in [-0.2, 0) is 6.54 Å². The van der Waals surface area contributed by atoms with E-state index in [1.165, 1.54) is 61.8 Å². The second-order valence-electron chi connectivity index (χ2n) is 6.47. The van der Waals surface area contributed by atoms with Crippen LogP contribution in [0.2, 0.25) is 0 Å². The van der Waals surface area contributed by atoms with Gasteiger partial charge in [0, 0.05) is 37.6 Å². The average Bonchev–Trinajstić information content (AvgIpc) is 2.65. The van der Waals surface area contributed by atoms with Gasteiger partial charge in [-0.25, -0.2) is 0 Å². The summed E-state index contributed by atoms with van der Waals surface area (Å²) in [5.74, 6) is 1.23. The van der Waals surface area contributed by atoms with Crippen LogP contribution in [0.3, 0.4) is 0 Å². The predicted octanol–water partition coefficient (Wildman–Crippen LogP) is 4.38. The van der Waals surface area contributed by atoms with Crippen LogP contribution in [0, 0.1) is 0 Å². The van der Waals surface area contributed by atoms with Gasteiger partial charge in [-0.3, -0.25) is 4.90 Å². The first-order valence-electron chi connectivity index (χ1n) is 9.07. The Kier molecular flexibility index (Phi) is 7.21. The van der Waals surface area contributed by atoms with E-state index in [4.69, 9.17) is 0 Å². The molecular weight excluding hydrogens is 312 g/mol. The lowest BCUT2D eigenvalue weighted by Gasteiger charge is -2.34. The molecule has 1 saturated heterocycles. The number of benzene rings is 2. The Labute approximate surface area is 150 Å². The van der Waals surface area contributed by atoms with Crippen molar-refractivity contribution in [1.29, 1.82) is 0 Å². The highest BCUT2D eigenvalue weighted by molar-refractivity contribution is 7.99. The summed E-state index contributed by atoms with van der Waals surface area (Å²) in [7, 11) is 0. The zero-order valence-corrected chi connectivity index (χ0v) is 15.3. The monoisotopic (exact) mass is 340 g/mol. The molecule has 1 aliphatic heterocycles. The third kappa shape index (κ3) is 5.97. The van der Waals surface area contributed by atoms with Gasteiger partial charge in [0.2, 0.25) is 0 Å². The highest BCUT2D eigenvalue weighted by atomic mass is 32.2. The number of hydrogen-bond donors (Lipinski definition) is 0. The molecule has 3 rings (SSSR count). The minimum absolute atomic E-state index is 1.10. The maximum absolute atomic E-state index is 2.63.